The topological polar surface area (TPSA) is 57.6 Å². The van der Waals surface area contributed by atoms with Gasteiger partial charge in [-0.05, 0) is 31.6 Å². The van der Waals surface area contributed by atoms with Gasteiger partial charge in [-0.25, -0.2) is 8.42 Å². The molecule has 0 radical (unpaired) electrons. The molecule has 0 amide bonds. The molecule has 0 bridgehead atoms. The second-order valence-electron chi connectivity index (χ2n) is 6.31. The Morgan fingerprint density at radius 2 is 2.00 bits per heavy atom. The molecule has 2 atom stereocenters. The molecule has 0 aromatic heterocycles. The van der Waals surface area contributed by atoms with Crippen LogP contribution in [0.25, 0.3) is 0 Å². The van der Waals surface area contributed by atoms with E-state index in [0.29, 0.717) is 13.0 Å². The minimum atomic E-state index is -3.19. The fourth-order valence-electron chi connectivity index (χ4n) is 2.43. The molecule has 5 heteroatoms. The molecular weight excluding hydrogens is 238 g/mol. The number of aliphatic hydroxyl groups is 1. The molecule has 0 spiro atoms. The third-order valence-electron chi connectivity index (χ3n) is 2.91. The molecule has 0 aromatic rings. The van der Waals surface area contributed by atoms with Gasteiger partial charge in [0, 0.05) is 12.6 Å². The van der Waals surface area contributed by atoms with Gasteiger partial charge in [-0.3, -0.25) is 0 Å². The first-order valence-corrected chi connectivity index (χ1v) is 7.90. The average Bonchev–Trinajstić information content (AvgIpc) is 2.46. The van der Waals surface area contributed by atoms with Crippen LogP contribution in [0.4, 0.5) is 0 Å². The summed E-state index contributed by atoms with van der Waals surface area (Å²) in [7, 11) is -3.19. The van der Waals surface area contributed by atoms with E-state index in [1.54, 1.807) is 11.2 Å². The lowest BCUT2D eigenvalue weighted by molar-refractivity contribution is 0.157. The predicted molar refractivity (Wildman–Crippen MR) is 69.3 cm³/mol. The van der Waals surface area contributed by atoms with Gasteiger partial charge in [0.2, 0.25) is 10.0 Å². The van der Waals surface area contributed by atoms with E-state index in [9.17, 15) is 13.5 Å². The largest absolute Gasteiger partial charge is 0.393 e. The van der Waals surface area contributed by atoms with E-state index in [2.05, 4.69) is 0 Å². The summed E-state index contributed by atoms with van der Waals surface area (Å²) in [6.07, 6.45) is 1.88. The molecule has 1 saturated heterocycles. The molecular formula is C12H25NO3S. The van der Waals surface area contributed by atoms with Crippen molar-refractivity contribution in [2.75, 3.05) is 12.3 Å². The normalized spacial score (nSPS) is 25.1. The van der Waals surface area contributed by atoms with Gasteiger partial charge in [0.15, 0.2) is 0 Å². The van der Waals surface area contributed by atoms with Crippen molar-refractivity contribution in [3.63, 3.8) is 0 Å². The lowest BCUT2D eigenvalue weighted by Gasteiger charge is -2.28. The molecule has 0 saturated carbocycles. The van der Waals surface area contributed by atoms with E-state index in [-0.39, 0.29) is 17.2 Å². The summed E-state index contributed by atoms with van der Waals surface area (Å²) in [6, 6.07) is -0.0117. The summed E-state index contributed by atoms with van der Waals surface area (Å²) in [5, 5.41) is 9.41. The Hall–Kier alpha value is -0.130. The monoisotopic (exact) mass is 263 g/mol. The zero-order chi connectivity index (χ0) is 13.3. The van der Waals surface area contributed by atoms with Crippen LogP contribution in [0.15, 0.2) is 0 Å². The van der Waals surface area contributed by atoms with Crippen molar-refractivity contribution in [1.29, 1.82) is 0 Å². The van der Waals surface area contributed by atoms with Gasteiger partial charge in [-0.2, -0.15) is 4.31 Å². The summed E-state index contributed by atoms with van der Waals surface area (Å²) >= 11 is 0. The molecule has 0 aromatic carbocycles. The number of nitrogens with zero attached hydrogens (tertiary/aromatic N) is 1. The minimum absolute atomic E-state index is 0.0117. The fourth-order valence-corrected chi connectivity index (χ4v) is 4.75. The highest BCUT2D eigenvalue weighted by atomic mass is 32.2. The highest BCUT2D eigenvalue weighted by molar-refractivity contribution is 7.89. The maximum Gasteiger partial charge on any atom is 0.214 e. The molecule has 2 unspecified atom stereocenters. The molecule has 1 N–H and O–H groups in total. The van der Waals surface area contributed by atoms with Crippen LogP contribution in [0.2, 0.25) is 0 Å². The van der Waals surface area contributed by atoms with Crippen molar-refractivity contribution in [2.45, 2.75) is 59.1 Å². The van der Waals surface area contributed by atoms with Crippen LogP contribution in [0, 0.1) is 5.41 Å². The van der Waals surface area contributed by atoms with Crippen molar-refractivity contribution in [1.82, 2.24) is 4.31 Å². The number of sulfonamides is 1. The second-order valence-corrected chi connectivity index (χ2v) is 8.23. The van der Waals surface area contributed by atoms with Gasteiger partial charge >= 0.3 is 0 Å². The minimum Gasteiger partial charge on any atom is -0.393 e. The van der Waals surface area contributed by atoms with Gasteiger partial charge in [0.1, 0.15) is 0 Å². The zero-order valence-corrected chi connectivity index (χ0v) is 12.1. The van der Waals surface area contributed by atoms with Crippen LogP contribution in [0.5, 0.6) is 0 Å². The highest BCUT2D eigenvalue weighted by Crippen LogP contribution is 2.28. The van der Waals surface area contributed by atoms with Gasteiger partial charge in [-0.15, -0.1) is 0 Å². The van der Waals surface area contributed by atoms with Crippen LogP contribution < -0.4 is 0 Å². The summed E-state index contributed by atoms with van der Waals surface area (Å²) in [4.78, 5) is 0. The fraction of sp³-hybridized carbons (Fsp3) is 1.00. The summed E-state index contributed by atoms with van der Waals surface area (Å²) in [5.74, 6) is 0.177. The van der Waals surface area contributed by atoms with Crippen molar-refractivity contribution >= 4 is 10.0 Å². The predicted octanol–water partition coefficient (Wildman–Crippen LogP) is 1.60. The maximum atomic E-state index is 12.3. The van der Waals surface area contributed by atoms with Crippen LogP contribution in [-0.2, 0) is 10.0 Å². The molecule has 1 rings (SSSR count). The van der Waals surface area contributed by atoms with Gasteiger partial charge in [0.25, 0.3) is 0 Å². The Balaban J connectivity index is 2.76. The Morgan fingerprint density at radius 1 is 1.41 bits per heavy atom. The van der Waals surface area contributed by atoms with Crippen molar-refractivity contribution < 1.29 is 13.5 Å². The first kappa shape index (κ1) is 14.9. The van der Waals surface area contributed by atoms with E-state index in [4.69, 9.17) is 0 Å². The quantitative estimate of drug-likeness (QED) is 0.838. The van der Waals surface area contributed by atoms with Crippen LogP contribution in [0.3, 0.4) is 0 Å². The molecule has 1 heterocycles. The van der Waals surface area contributed by atoms with Gasteiger partial charge in [0.05, 0.1) is 11.9 Å². The van der Waals surface area contributed by atoms with Crippen molar-refractivity contribution in [3.05, 3.63) is 0 Å². The lowest BCUT2D eigenvalue weighted by Crippen LogP contribution is -2.41. The number of rotatable bonds is 4. The molecule has 0 aliphatic carbocycles. The Kier molecular flexibility index (Phi) is 4.60. The van der Waals surface area contributed by atoms with Crippen LogP contribution in [0.1, 0.15) is 47.0 Å². The first-order valence-electron chi connectivity index (χ1n) is 6.29. The van der Waals surface area contributed by atoms with E-state index >= 15 is 0 Å². The molecule has 102 valence electrons. The Labute approximate surface area is 105 Å². The smallest absolute Gasteiger partial charge is 0.214 e. The lowest BCUT2D eigenvalue weighted by atomic mass is 10.0. The van der Waals surface area contributed by atoms with Crippen molar-refractivity contribution in [2.24, 2.45) is 5.41 Å². The third kappa shape index (κ3) is 4.56. The molecule has 1 aliphatic heterocycles. The molecule has 1 aliphatic rings. The Bertz CT molecular complexity index is 343. The number of aliphatic hydroxyl groups excluding tert-OH is 1. The summed E-state index contributed by atoms with van der Waals surface area (Å²) in [6.45, 7) is 8.13. The summed E-state index contributed by atoms with van der Waals surface area (Å²) in [5.41, 5.74) is -0.225. The van der Waals surface area contributed by atoms with Gasteiger partial charge < -0.3 is 5.11 Å². The van der Waals surface area contributed by atoms with Crippen LogP contribution >= 0.6 is 0 Å². The Morgan fingerprint density at radius 3 is 2.47 bits per heavy atom. The molecule has 17 heavy (non-hydrogen) atoms. The van der Waals surface area contributed by atoms with E-state index in [1.165, 1.54) is 0 Å². The summed E-state index contributed by atoms with van der Waals surface area (Å²) < 4.78 is 26.2. The van der Waals surface area contributed by atoms with Gasteiger partial charge in [-0.1, -0.05) is 20.8 Å². The van der Waals surface area contributed by atoms with E-state index < -0.39 is 16.1 Å². The number of hydrogen-bond donors (Lipinski definition) is 1. The maximum absolute atomic E-state index is 12.3. The standard InChI is InChI=1S/C12H25NO3S/c1-10(14)8-11-6-5-7-13(11)17(15,16)9-12(2,3)4/h10-11,14H,5-9H2,1-4H3. The average molecular weight is 263 g/mol. The second kappa shape index (κ2) is 5.24. The highest BCUT2D eigenvalue weighted by Gasteiger charge is 2.36. The zero-order valence-electron chi connectivity index (χ0n) is 11.3. The SMILES string of the molecule is CC(O)CC1CCCN1S(=O)(=O)CC(C)(C)C. The van der Waals surface area contributed by atoms with E-state index in [1.807, 2.05) is 20.8 Å². The molecule has 4 nitrogen and oxygen atoms in total. The third-order valence-corrected chi connectivity index (χ3v) is 5.34. The van der Waals surface area contributed by atoms with E-state index in [0.717, 1.165) is 12.8 Å². The first-order chi connectivity index (χ1) is 7.62. The van der Waals surface area contributed by atoms with Crippen molar-refractivity contribution in [3.8, 4) is 0 Å². The number of hydrogen-bond acceptors (Lipinski definition) is 3. The van der Waals surface area contributed by atoms with Crippen LogP contribution in [-0.4, -0.2) is 42.3 Å². The molecule has 1 fully saturated rings.